The second kappa shape index (κ2) is 5.83. The third-order valence-corrected chi connectivity index (χ3v) is 5.46. The molecule has 1 N–H and O–H groups in total. The predicted molar refractivity (Wildman–Crippen MR) is 77.6 cm³/mol. The molecule has 104 valence electrons. The van der Waals surface area contributed by atoms with Crippen LogP contribution in [0.4, 0.5) is 0 Å². The zero-order valence-corrected chi connectivity index (χ0v) is 12.8. The van der Waals surface area contributed by atoms with E-state index >= 15 is 0 Å². The fourth-order valence-corrected chi connectivity index (χ4v) is 4.14. The van der Waals surface area contributed by atoms with E-state index in [9.17, 15) is 4.79 Å². The van der Waals surface area contributed by atoms with Gasteiger partial charge < -0.3 is 4.90 Å². The van der Waals surface area contributed by atoms with Gasteiger partial charge in [0.25, 0.3) is 0 Å². The van der Waals surface area contributed by atoms with E-state index in [1.54, 1.807) is 0 Å². The Balaban J connectivity index is 2.16. The Morgan fingerprint density at radius 2 is 2.17 bits per heavy atom. The van der Waals surface area contributed by atoms with E-state index in [0.717, 1.165) is 18.6 Å². The highest BCUT2D eigenvalue weighted by Crippen LogP contribution is 2.31. The molecule has 0 spiro atoms. The highest BCUT2D eigenvalue weighted by Gasteiger charge is 2.45. The van der Waals surface area contributed by atoms with Crippen LogP contribution in [0.5, 0.6) is 0 Å². The summed E-state index contributed by atoms with van der Waals surface area (Å²) in [4.78, 5) is 14.8. The van der Waals surface area contributed by atoms with Crippen LogP contribution in [0.3, 0.4) is 0 Å². The maximum atomic E-state index is 12.7. The molecule has 0 aromatic heterocycles. The van der Waals surface area contributed by atoms with E-state index in [0.29, 0.717) is 23.8 Å². The van der Waals surface area contributed by atoms with Gasteiger partial charge in [-0.2, -0.15) is 11.8 Å². The number of rotatable bonds is 4. The Kier molecular flexibility index (Phi) is 4.59. The summed E-state index contributed by atoms with van der Waals surface area (Å²) in [6.07, 6.45) is 2.45. The number of carbonyl (C=O) groups excluding carboxylic acids is 1. The molecule has 18 heavy (non-hydrogen) atoms. The summed E-state index contributed by atoms with van der Waals surface area (Å²) >= 11 is 1.98. The average Bonchev–Trinajstić information content (AvgIpc) is 2.94. The number of carbonyl (C=O) groups is 1. The second-order valence-corrected chi connectivity index (χ2v) is 7.13. The Bertz CT molecular complexity index is 302. The lowest BCUT2D eigenvalue weighted by Gasteiger charge is -2.32. The zero-order valence-electron chi connectivity index (χ0n) is 12.0. The van der Waals surface area contributed by atoms with Crippen molar-refractivity contribution in [2.24, 2.45) is 11.8 Å². The molecule has 4 unspecified atom stereocenters. The molecule has 2 saturated heterocycles. The molecule has 0 aliphatic carbocycles. The van der Waals surface area contributed by atoms with Crippen molar-refractivity contribution in [2.75, 3.05) is 11.5 Å². The van der Waals surface area contributed by atoms with Crippen molar-refractivity contribution in [1.29, 1.82) is 0 Å². The van der Waals surface area contributed by atoms with Gasteiger partial charge in [-0.15, -0.1) is 0 Å². The van der Waals surface area contributed by atoms with E-state index in [-0.39, 0.29) is 12.2 Å². The van der Waals surface area contributed by atoms with Gasteiger partial charge >= 0.3 is 0 Å². The van der Waals surface area contributed by atoms with Crippen LogP contribution in [-0.2, 0) is 4.79 Å². The lowest BCUT2D eigenvalue weighted by Crippen LogP contribution is -2.47. The molecule has 0 radical (unpaired) electrons. The topological polar surface area (TPSA) is 32.3 Å². The van der Waals surface area contributed by atoms with E-state index in [1.807, 2.05) is 11.8 Å². The molecule has 2 aliphatic heterocycles. The predicted octanol–water partition coefficient (Wildman–Crippen LogP) is 2.32. The van der Waals surface area contributed by atoms with E-state index in [1.165, 1.54) is 5.75 Å². The summed E-state index contributed by atoms with van der Waals surface area (Å²) < 4.78 is 0. The molecular formula is C14H26N2OS. The first-order valence-corrected chi connectivity index (χ1v) is 8.37. The first-order chi connectivity index (χ1) is 8.56. The van der Waals surface area contributed by atoms with E-state index < -0.39 is 0 Å². The minimum Gasteiger partial charge on any atom is -0.322 e. The van der Waals surface area contributed by atoms with Gasteiger partial charge in [-0.3, -0.25) is 10.1 Å². The molecule has 0 aromatic carbocycles. The van der Waals surface area contributed by atoms with Crippen molar-refractivity contribution < 1.29 is 4.79 Å². The van der Waals surface area contributed by atoms with Crippen LogP contribution in [-0.4, -0.2) is 40.6 Å². The van der Waals surface area contributed by atoms with Gasteiger partial charge in [0, 0.05) is 11.8 Å². The molecule has 0 saturated carbocycles. The molecule has 3 nitrogen and oxygen atoms in total. The van der Waals surface area contributed by atoms with Crippen molar-refractivity contribution in [2.45, 2.75) is 58.8 Å². The number of nitrogens with zero attached hydrogens (tertiary/aromatic N) is 1. The van der Waals surface area contributed by atoms with Crippen LogP contribution >= 0.6 is 11.8 Å². The summed E-state index contributed by atoms with van der Waals surface area (Å²) in [6, 6.07) is 0.490. The van der Waals surface area contributed by atoms with Crippen LogP contribution in [0.15, 0.2) is 0 Å². The van der Waals surface area contributed by atoms with Crippen molar-refractivity contribution >= 4 is 17.7 Å². The quantitative estimate of drug-likeness (QED) is 0.851. The molecule has 2 fully saturated rings. The van der Waals surface area contributed by atoms with E-state index in [2.05, 4.69) is 37.9 Å². The molecule has 4 heteroatoms. The molecule has 0 bridgehead atoms. The summed E-state index contributed by atoms with van der Waals surface area (Å²) in [7, 11) is 0. The van der Waals surface area contributed by atoms with Crippen molar-refractivity contribution in [1.82, 2.24) is 10.2 Å². The standard InChI is InChI=1S/C14H26N2OS/c1-5-10(4)12-14(17)16(11-6-7-18-8-11)13(15-12)9(2)3/h9-13,15H,5-8H2,1-4H3. The van der Waals surface area contributed by atoms with Crippen molar-refractivity contribution in [3.8, 4) is 0 Å². The zero-order chi connectivity index (χ0) is 13.3. The number of hydrogen-bond acceptors (Lipinski definition) is 3. The maximum absolute atomic E-state index is 12.7. The van der Waals surface area contributed by atoms with Crippen LogP contribution in [0.1, 0.15) is 40.5 Å². The lowest BCUT2D eigenvalue weighted by molar-refractivity contribution is -0.133. The van der Waals surface area contributed by atoms with Gasteiger partial charge in [-0.1, -0.05) is 34.1 Å². The second-order valence-electron chi connectivity index (χ2n) is 5.98. The number of amides is 1. The Morgan fingerprint density at radius 3 is 2.67 bits per heavy atom. The fraction of sp³-hybridized carbons (Fsp3) is 0.929. The monoisotopic (exact) mass is 270 g/mol. The average molecular weight is 270 g/mol. The lowest BCUT2D eigenvalue weighted by atomic mass is 9.99. The Morgan fingerprint density at radius 1 is 1.44 bits per heavy atom. The highest BCUT2D eigenvalue weighted by molar-refractivity contribution is 7.99. The molecule has 2 aliphatic rings. The van der Waals surface area contributed by atoms with Gasteiger partial charge in [-0.05, 0) is 24.0 Å². The van der Waals surface area contributed by atoms with Crippen LogP contribution in [0, 0.1) is 11.8 Å². The SMILES string of the molecule is CCC(C)C1NC(C(C)C)N(C2CCSC2)C1=O. The van der Waals surface area contributed by atoms with E-state index in [4.69, 9.17) is 0 Å². The number of thioether (sulfide) groups is 1. The molecule has 0 aromatic rings. The summed E-state index contributed by atoms with van der Waals surface area (Å²) in [5.41, 5.74) is 0. The van der Waals surface area contributed by atoms with Crippen LogP contribution in [0.25, 0.3) is 0 Å². The molecule has 2 heterocycles. The number of nitrogens with one attached hydrogen (secondary N) is 1. The van der Waals surface area contributed by atoms with Gasteiger partial charge in [0.2, 0.25) is 5.91 Å². The van der Waals surface area contributed by atoms with Crippen LogP contribution in [0.2, 0.25) is 0 Å². The van der Waals surface area contributed by atoms with Gasteiger partial charge in [-0.25, -0.2) is 0 Å². The third kappa shape index (κ3) is 2.55. The summed E-state index contributed by atoms with van der Waals surface area (Å²) in [5, 5.41) is 3.58. The number of hydrogen-bond donors (Lipinski definition) is 1. The summed E-state index contributed by atoms with van der Waals surface area (Å²) in [6.45, 7) is 8.76. The minimum absolute atomic E-state index is 0.0352. The fourth-order valence-electron chi connectivity index (χ4n) is 2.94. The van der Waals surface area contributed by atoms with Gasteiger partial charge in [0.15, 0.2) is 0 Å². The first kappa shape index (κ1) is 14.2. The minimum atomic E-state index is 0.0352. The molecule has 2 rings (SSSR count). The molecule has 4 atom stereocenters. The highest BCUT2D eigenvalue weighted by atomic mass is 32.2. The van der Waals surface area contributed by atoms with Crippen molar-refractivity contribution in [3.63, 3.8) is 0 Å². The maximum Gasteiger partial charge on any atom is 0.241 e. The van der Waals surface area contributed by atoms with Crippen LogP contribution < -0.4 is 5.32 Å². The largest absolute Gasteiger partial charge is 0.322 e. The molecule has 1 amide bonds. The van der Waals surface area contributed by atoms with Gasteiger partial charge in [0.05, 0.1) is 12.2 Å². The first-order valence-electron chi connectivity index (χ1n) is 7.22. The normalized spacial score (nSPS) is 34.6. The Hall–Kier alpha value is -0.220. The Labute approximate surface area is 115 Å². The molecular weight excluding hydrogens is 244 g/mol. The van der Waals surface area contributed by atoms with Gasteiger partial charge in [0.1, 0.15) is 0 Å². The smallest absolute Gasteiger partial charge is 0.241 e. The van der Waals surface area contributed by atoms with Crippen molar-refractivity contribution in [3.05, 3.63) is 0 Å². The summed E-state index contributed by atoms with van der Waals surface area (Å²) in [5.74, 6) is 3.57. The third-order valence-electron chi connectivity index (χ3n) is 4.31.